The molecule has 17 heavy (non-hydrogen) atoms. The lowest BCUT2D eigenvalue weighted by atomic mass is 9.90. The van der Waals surface area contributed by atoms with Crippen LogP contribution >= 0.6 is 28.3 Å². The lowest BCUT2D eigenvalue weighted by molar-refractivity contribution is -0.384. The zero-order chi connectivity index (χ0) is 11.7. The SMILES string of the molecule is CNc1c([N+](=O)[O-])cc(Br)c2c1CCCC2.Cl. The highest BCUT2D eigenvalue weighted by atomic mass is 79.9. The number of benzene rings is 1. The monoisotopic (exact) mass is 320 g/mol. The van der Waals surface area contributed by atoms with E-state index in [0.29, 0.717) is 5.69 Å². The largest absolute Gasteiger partial charge is 0.382 e. The molecule has 2 rings (SSSR count). The number of rotatable bonds is 2. The number of hydrogen-bond acceptors (Lipinski definition) is 3. The molecule has 4 nitrogen and oxygen atoms in total. The summed E-state index contributed by atoms with van der Waals surface area (Å²) in [5.41, 5.74) is 3.17. The van der Waals surface area contributed by atoms with Gasteiger partial charge in [-0.15, -0.1) is 12.4 Å². The van der Waals surface area contributed by atoms with Gasteiger partial charge in [0, 0.05) is 17.6 Å². The lowest BCUT2D eigenvalue weighted by Crippen LogP contribution is -2.09. The third-order valence-electron chi connectivity index (χ3n) is 3.02. The van der Waals surface area contributed by atoms with Crippen LogP contribution in [0.3, 0.4) is 0 Å². The van der Waals surface area contributed by atoms with Gasteiger partial charge in [0.2, 0.25) is 0 Å². The van der Waals surface area contributed by atoms with Gasteiger partial charge in [-0.25, -0.2) is 0 Å². The van der Waals surface area contributed by atoms with Gasteiger partial charge in [0.1, 0.15) is 5.69 Å². The van der Waals surface area contributed by atoms with Crippen LogP contribution in [-0.4, -0.2) is 12.0 Å². The Morgan fingerprint density at radius 1 is 1.35 bits per heavy atom. The molecule has 0 unspecified atom stereocenters. The number of anilines is 1. The van der Waals surface area contributed by atoms with Crippen molar-refractivity contribution >= 4 is 39.7 Å². The fraction of sp³-hybridized carbons (Fsp3) is 0.455. The quantitative estimate of drug-likeness (QED) is 0.667. The number of hydrogen-bond donors (Lipinski definition) is 1. The van der Waals surface area contributed by atoms with E-state index < -0.39 is 0 Å². The fourth-order valence-electron chi connectivity index (χ4n) is 2.30. The van der Waals surface area contributed by atoms with Gasteiger partial charge in [0.25, 0.3) is 5.69 Å². The summed E-state index contributed by atoms with van der Waals surface area (Å²) in [5, 5.41) is 13.9. The second-order valence-electron chi connectivity index (χ2n) is 3.92. The van der Waals surface area contributed by atoms with Gasteiger partial charge in [-0.05, 0) is 36.8 Å². The van der Waals surface area contributed by atoms with E-state index in [1.54, 1.807) is 13.1 Å². The molecule has 0 heterocycles. The van der Waals surface area contributed by atoms with Gasteiger partial charge < -0.3 is 5.32 Å². The van der Waals surface area contributed by atoms with Crippen LogP contribution in [0.15, 0.2) is 10.5 Å². The zero-order valence-corrected chi connectivity index (χ0v) is 11.9. The molecule has 0 spiro atoms. The standard InChI is InChI=1S/C11H13BrN2O2.ClH/c1-13-11-8-5-3-2-4-7(8)9(12)6-10(11)14(15)16;/h6,13H,2-5H2,1H3;1H. The predicted octanol–water partition coefficient (Wildman–Crippen LogP) is 3.70. The smallest absolute Gasteiger partial charge is 0.293 e. The average Bonchev–Trinajstić information content (AvgIpc) is 2.29. The van der Waals surface area contributed by atoms with Crippen LogP contribution in [0.5, 0.6) is 0 Å². The van der Waals surface area contributed by atoms with Crippen molar-refractivity contribution in [1.82, 2.24) is 0 Å². The van der Waals surface area contributed by atoms with Crippen molar-refractivity contribution in [2.24, 2.45) is 0 Å². The lowest BCUT2D eigenvalue weighted by Gasteiger charge is -2.20. The van der Waals surface area contributed by atoms with Crippen LogP contribution in [0, 0.1) is 10.1 Å². The van der Waals surface area contributed by atoms with Crippen molar-refractivity contribution in [2.45, 2.75) is 25.7 Å². The first-order chi connectivity index (χ1) is 7.65. The van der Waals surface area contributed by atoms with Crippen molar-refractivity contribution in [3.63, 3.8) is 0 Å². The van der Waals surface area contributed by atoms with E-state index in [1.165, 1.54) is 5.56 Å². The number of nitro benzene ring substituents is 1. The molecular weight excluding hydrogens is 307 g/mol. The van der Waals surface area contributed by atoms with E-state index in [4.69, 9.17) is 0 Å². The van der Waals surface area contributed by atoms with Gasteiger partial charge in [-0.1, -0.05) is 15.9 Å². The van der Waals surface area contributed by atoms with E-state index in [9.17, 15) is 10.1 Å². The maximum Gasteiger partial charge on any atom is 0.293 e. The van der Waals surface area contributed by atoms with E-state index in [-0.39, 0.29) is 23.0 Å². The van der Waals surface area contributed by atoms with Gasteiger partial charge in [-0.2, -0.15) is 0 Å². The van der Waals surface area contributed by atoms with Gasteiger partial charge in [0.15, 0.2) is 0 Å². The molecule has 1 aromatic rings. The van der Waals surface area contributed by atoms with Crippen LogP contribution in [-0.2, 0) is 12.8 Å². The Hall–Kier alpha value is -0.810. The molecule has 1 aliphatic rings. The second kappa shape index (κ2) is 5.69. The minimum Gasteiger partial charge on any atom is -0.382 e. The second-order valence-corrected chi connectivity index (χ2v) is 4.78. The van der Waals surface area contributed by atoms with E-state index in [0.717, 1.165) is 35.7 Å². The molecule has 6 heteroatoms. The first-order valence-electron chi connectivity index (χ1n) is 5.31. The van der Waals surface area contributed by atoms with Crippen molar-refractivity contribution < 1.29 is 4.92 Å². The maximum absolute atomic E-state index is 11.0. The van der Waals surface area contributed by atoms with Crippen molar-refractivity contribution in [3.8, 4) is 0 Å². The van der Waals surface area contributed by atoms with Crippen LogP contribution in [0.25, 0.3) is 0 Å². The normalized spacial score (nSPS) is 13.5. The Bertz CT molecular complexity index is 452. The maximum atomic E-state index is 11.0. The van der Waals surface area contributed by atoms with Crippen LogP contribution in [0.4, 0.5) is 11.4 Å². The number of fused-ring (bicyclic) bond motifs is 1. The minimum absolute atomic E-state index is 0. The predicted molar refractivity (Wildman–Crippen MR) is 74.2 cm³/mol. The van der Waals surface area contributed by atoms with Crippen molar-refractivity contribution in [1.29, 1.82) is 0 Å². The zero-order valence-electron chi connectivity index (χ0n) is 9.46. The van der Waals surface area contributed by atoms with E-state index >= 15 is 0 Å². The first-order valence-corrected chi connectivity index (χ1v) is 6.11. The molecule has 0 aliphatic heterocycles. The Morgan fingerprint density at radius 2 is 1.94 bits per heavy atom. The Kier molecular flexibility index (Phi) is 4.77. The summed E-state index contributed by atoms with van der Waals surface area (Å²) in [5.74, 6) is 0. The third-order valence-corrected chi connectivity index (χ3v) is 3.73. The number of halogens is 2. The minimum atomic E-state index is -0.328. The molecule has 1 aliphatic carbocycles. The summed E-state index contributed by atoms with van der Waals surface area (Å²) in [7, 11) is 1.74. The molecule has 0 amide bonds. The summed E-state index contributed by atoms with van der Waals surface area (Å²) in [4.78, 5) is 10.6. The molecule has 0 radical (unpaired) electrons. The number of nitrogens with one attached hydrogen (secondary N) is 1. The summed E-state index contributed by atoms with van der Waals surface area (Å²) >= 11 is 3.43. The van der Waals surface area contributed by atoms with Gasteiger partial charge in [-0.3, -0.25) is 10.1 Å². The van der Waals surface area contributed by atoms with Crippen LogP contribution in [0.1, 0.15) is 24.0 Å². The Morgan fingerprint density at radius 3 is 2.47 bits per heavy atom. The molecule has 0 bridgehead atoms. The van der Waals surface area contributed by atoms with Crippen molar-refractivity contribution in [3.05, 3.63) is 31.8 Å². The van der Waals surface area contributed by atoms with Gasteiger partial charge in [0.05, 0.1) is 4.92 Å². The topological polar surface area (TPSA) is 55.2 Å². The summed E-state index contributed by atoms with van der Waals surface area (Å²) < 4.78 is 0.868. The first kappa shape index (κ1) is 14.3. The highest BCUT2D eigenvalue weighted by Crippen LogP contribution is 2.39. The van der Waals surface area contributed by atoms with Gasteiger partial charge >= 0.3 is 0 Å². The van der Waals surface area contributed by atoms with Crippen molar-refractivity contribution in [2.75, 3.05) is 12.4 Å². The summed E-state index contributed by atoms with van der Waals surface area (Å²) in [6.07, 6.45) is 4.19. The fourth-order valence-corrected chi connectivity index (χ4v) is 2.96. The molecule has 0 aromatic heterocycles. The summed E-state index contributed by atoms with van der Waals surface area (Å²) in [6.45, 7) is 0. The molecule has 1 N–H and O–H groups in total. The molecule has 0 saturated carbocycles. The number of nitrogens with zero attached hydrogens (tertiary/aromatic N) is 1. The molecule has 94 valence electrons. The molecule has 0 fully saturated rings. The number of nitro groups is 1. The molecule has 0 saturated heterocycles. The van der Waals surface area contributed by atoms with Crippen LogP contribution < -0.4 is 5.32 Å². The Labute approximate surface area is 114 Å². The highest BCUT2D eigenvalue weighted by molar-refractivity contribution is 9.10. The highest BCUT2D eigenvalue weighted by Gasteiger charge is 2.24. The molecular formula is C11H14BrClN2O2. The Balaban J connectivity index is 0.00000144. The van der Waals surface area contributed by atoms with Crippen LogP contribution in [0.2, 0.25) is 0 Å². The van der Waals surface area contributed by atoms with E-state index in [1.807, 2.05) is 0 Å². The average molecular weight is 322 g/mol. The van der Waals surface area contributed by atoms with E-state index in [2.05, 4.69) is 21.2 Å². The summed E-state index contributed by atoms with van der Waals surface area (Å²) in [6, 6.07) is 1.61. The third kappa shape index (κ3) is 2.55. The molecule has 0 atom stereocenters. The molecule has 1 aromatic carbocycles.